The largest absolute Gasteiger partial charge is 0.497 e. The normalized spacial score (nSPS) is 20.0. The van der Waals surface area contributed by atoms with Gasteiger partial charge in [-0.25, -0.2) is 4.98 Å². The number of nitrogens with one attached hydrogen (secondary N) is 2. The first-order valence-electron chi connectivity index (χ1n) is 11.6. The maximum Gasteiger partial charge on any atom is 0.259 e. The molecule has 180 valence electrons. The zero-order valence-electron chi connectivity index (χ0n) is 19.2. The fourth-order valence-corrected chi connectivity index (χ4v) is 4.73. The Kier molecular flexibility index (Phi) is 7.67. The number of hydrogen-bond acceptors (Lipinski definition) is 5. The number of methoxy groups -OCH3 is 1. The van der Waals surface area contributed by atoms with Gasteiger partial charge in [0.2, 0.25) is 11.8 Å². The third-order valence-electron chi connectivity index (χ3n) is 6.56. The predicted molar refractivity (Wildman–Crippen MR) is 130 cm³/mol. The van der Waals surface area contributed by atoms with Crippen LogP contribution >= 0.6 is 11.6 Å². The number of benzene rings is 1. The lowest BCUT2D eigenvalue weighted by Crippen LogP contribution is -2.37. The number of carbonyl (C=O) groups excluding carboxylic acids is 3. The van der Waals surface area contributed by atoms with Crippen molar-refractivity contribution in [1.82, 2.24) is 9.88 Å². The van der Waals surface area contributed by atoms with E-state index in [1.54, 1.807) is 30.3 Å². The number of rotatable bonds is 6. The molecule has 0 radical (unpaired) electrons. The first-order valence-corrected chi connectivity index (χ1v) is 12.0. The van der Waals surface area contributed by atoms with Crippen molar-refractivity contribution in [1.29, 1.82) is 0 Å². The summed E-state index contributed by atoms with van der Waals surface area (Å²) in [5, 5.41) is 6.09. The molecule has 1 aliphatic carbocycles. The maximum absolute atomic E-state index is 13.0. The summed E-state index contributed by atoms with van der Waals surface area (Å²) in [5.41, 5.74) is 0.662. The van der Waals surface area contributed by atoms with Gasteiger partial charge in [-0.3, -0.25) is 14.4 Å². The highest BCUT2D eigenvalue weighted by Crippen LogP contribution is 2.32. The molecule has 8 nitrogen and oxygen atoms in total. The van der Waals surface area contributed by atoms with Gasteiger partial charge in [-0.1, -0.05) is 11.6 Å². The van der Waals surface area contributed by atoms with Crippen LogP contribution in [0.1, 0.15) is 48.9 Å². The second-order valence-electron chi connectivity index (χ2n) is 8.80. The summed E-state index contributed by atoms with van der Waals surface area (Å²) in [7, 11) is 1.51. The highest BCUT2D eigenvalue weighted by molar-refractivity contribution is 6.30. The minimum Gasteiger partial charge on any atom is -0.497 e. The molecule has 1 aliphatic heterocycles. The quantitative estimate of drug-likeness (QED) is 0.634. The van der Waals surface area contributed by atoms with Crippen molar-refractivity contribution in [2.24, 2.45) is 11.8 Å². The number of ether oxygens (including phenoxy) is 1. The third kappa shape index (κ3) is 5.67. The van der Waals surface area contributed by atoms with Crippen LogP contribution in [-0.2, 0) is 9.59 Å². The van der Waals surface area contributed by atoms with Crippen molar-refractivity contribution in [2.45, 2.75) is 38.5 Å². The molecule has 34 heavy (non-hydrogen) atoms. The van der Waals surface area contributed by atoms with E-state index in [0.717, 1.165) is 25.9 Å². The van der Waals surface area contributed by atoms with E-state index in [9.17, 15) is 14.4 Å². The van der Waals surface area contributed by atoms with E-state index in [4.69, 9.17) is 16.3 Å². The molecule has 1 aromatic carbocycles. The average molecular weight is 485 g/mol. The minimum absolute atomic E-state index is 0.0105. The molecule has 1 saturated carbocycles. The Balaban J connectivity index is 1.40. The van der Waals surface area contributed by atoms with Crippen molar-refractivity contribution in [3.63, 3.8) is 0 Å². The van der Waals surface area contributed by atoms with Crippen LogP contribution < -0.4 is 15.4 Å². The third-order valence-corrected chi connectivity index (χ3v) is 6.79. The molecule has 3 amide bonds. The fraction of sp³-hybridized carbons (Fsp3) is 0.440. The van der Waals surface area contributed by atoms with Crippen molar-refractivity contribution >= 4 is 40.8 Å². The molecule has 1 saturated heterocycles. The summed E-state index contributed by atoms with van der Waals surface area (Å²) < 4.78 is 5.26. The summed E-state index contributed by atoms with van der Waals surface area (Å²) in [5.74, 6) is 0.319. The van der Waals surface area contributed by atoms with Crippen molar-refractivity contribution in [2.75, 3.05) is 30.8 Å². The minimum atomic E-state index is -0.427. The molecule has 2 aromatic rings. The summed E-state index contributed by atoms with van der Waals surface area (Å²) in [6.07, 6.45) is 6.34. The molecule has 2 N–H and O–H groups in total. The van der Waals surface area contributed by atoms with Gasteiger partial charge in [0.05, 0.1) is 23.4 Å². The monoisotopic (exact) mass is 484 g/mol. The van der Waals surface area contributed by atoms with Crippen LogP contribution in [0.25, 0.3) is 0 Å². The van der Waals surface area contributed by atoms with Gasteiger partial charge in [0.1, 0.15) is 11.6 Å². The van der Waals surface area contributed by atoms with E-state index in [2.05, 4.69) is 15.6 Å². The molecule has 2 heterocycles. The Labute approximate surface area is 204 Å². The molecule has 4 rings (SSSR count). The average Bonchev–Trinajstić information content (AvgIpc) is 3.40. The summed E-state index contributed by atoms with van der Waals surface area (Å²) >= 11 is 5.86. The zero-order chi connectivity index (χ0) is 24.1. The molecule has 0 unspecified atom stereocenters. The van der Waals surface area contributed by atoms with E-state index in [-0.39, 0.29) is 29.2 Å². The Morgan fingerprint density at radius 2 is 1.71 bits per heavy atom. The van der Waals surface area contributed by atoms with Crippen LogP contribution in [0.15, 0.2) is 36.5 Å². The van der Waals surface area contributed by atoms with Gasteiger partial charge in [-0.05, 0) is 68.9 Å². The fourth-order valence-electron chi connectivity index (χ4n) is 4.61. The molecular formula is C25H29ClN4O4. The zero-order valence-corrected chi connectivity index (χ0v) is 19.9. The number of carbonyl (C=O) groups is 3. The lowest BCUT2D eigenvalue weighted by molar-refractivity contribution is -0.136. The molecule has 0 bridgehead atoms. The molecule has 2 aliphatic rings. The van der Waals surface area contributed by atoms with E-state index in [1.165, 1.54) is 13.3 Å². The van der Waals surface area contributed by atoms with Gasteiger partial charge >= 0.3 is 0 Å². The molecule has 9 heteroatoms. The van der Waals surface area contributed by atoms with E-state index in [1.807, 2.05) is 4.90 Å². The number of nitrogens with zero attached hydrogens (tertiary/aromatic N) is 2. The predicted octanol–water partition coefficient (Wildman–Crippen LogP) is 4.36. The highest BCUT2D eigenvalue weighted by atomic mass is 35.5. The second-order valence-corrected chi connectivity index (χ2v) is 9.23. The van der Waals surface area contributed by atoms with Crippen molar-refractivity contribution < 1.29 is 19.1 Å². The second kappa shape index (κ2) is 10.9. The topological polar surface area (TPSA) is 101 Å². The molecule has 0 atom stereocenters. The lowest BCUT2D eigenvalue weighted by atomic mass is 9.81. The smallest absolute Gasteiger partial charge is 0.259 e. The standard InChI is InChI=1S/C25H29ClN4O4/c1-34-19-9-10-21(20(14-19)24(32)29-22-11-8-18(26)15-27-22)28-23(31)16-4-6-17(7-5-16)25(33)30-12-2-3-13-30/h8-11,14-17H,2-7,12-13H2,1H3,(H,28,31)(H,27,29,32)/t16-,17-. The van der Waals surface area contributed by atoms with E-state index in [0.29, 0.717) is 48.0 Å². The molecule has 0 spiro atoms. The van der Waals surface area contributed by atoms with Crippen LogP contribution in [0.5, 0.6) is 5.75 Å². The van der Waals surface area contributed by atoms with Gasteiger partial charge in [-0.2, -0.15) is 0 Å². The Bertz CT molecular complexity index is 1050. The van der Waals surface area contributed by atoms with E-state index < -0.39 is 5.91 Å². The number of likely N-dealkylation sites (tertiary alicyclic amines) is 1. The summed E-state index contributed by atoms with van der Waals surface area (Å²) in [6.45, 7) is 1.71. The van der Waals surface area contributed by atoms with Gasteiger partial charge in [0.15, 0.2) is 0 Å². The molecule has 2 fully saturated rings. The van der Waals surface area contributed by atoms with Gasteiger partial charge in [0, 0.05) is 31.1 Å². The Morgan fingerprint density at radius 3 is 2.35 bits per heavy atom. The van der Waals surface area contributed by atoms with Crippen molar-refractivity contribution in [3.8, 4) is 5.75 Å². The maximum atomic E-state index is 13.0. The number of aromatic nitrogens is 1. The van der Waals surface area contributed by atoms with Gasteiger partial charge in [-0.15, -0.1) is 0 Å². The Morgan fingerprint density at radius 1 is 1.00 bits per heavy atom. The van der Waals surface area contributed by atoms with Crippen LogP contribution in [0.4, 0.5) is 11.5 Å². The molecule has 1 aromatic heterocycles. The molecular weight excluding hydrogens is 456 g/mol. The first-order chi connectivity index (χ1) is 16.4. The Hall–Kier alpha value is -3.13. The summed E-state index contributed by atoms with van der Waals surface area (Å²) in [6, 6.07) is 8.15. The van der Waals surface area contributed by atoms with Crippen LogP contribution in [0.2, 0.25) is 5.02 Å². The van der Waals surface area contributed by atoms with Crippen LogP contribution in [0.3, 0.4) is 0 Å². The number of pyridine rings is 1. The number of anilines is 2. The highest BCUT2D eigenvalue weighted by Gasteiger charge is 2.33. The lowest BCUT2D eigenvalue weighted by Gasteiger charge is -2.30. The number of hydrogen-bond donors (Lipinski definition) is 2. The van der Waals surface area contributed by atoms with Gasteiger partial charge in [0.25, 0.3) is 5.91 Å². The van der Waals surface area contributed by atoms with Crippen molar-refractivity contribution in [3.05, 3.63) is 47.1 Å². The number of amides is 3. The van der Waals surface area contributed by atoms with Crippen LogP contribution in [-0.4, -0.2) is 47.8 Å². The van der Waals surface area contributed by atoms with Gasteiger partial charge < -0.3 is 20.3 Å². The first kappa shape index (κ1) is 24.0. The SMILES string of the molecule is COc1ccc(NC(=O)[C@H]2CC[C@H](C(=O)N3CCCC3)CC2)c(C(=O)Nc2ccc(Cl)cn2)c1. The van der Waals surface area contributed by atoms with Crippen LogP contribution in [0, 0.1) is 11.8 Å². The summed E-state index contributed by atoms with van der Waals surface area (Å²) in [4.78, 5) is 44.7. The number of halogens is 1. The van der Waals surface area contributed by atoms with E-state index >= 15 is 0 Å².